The molecule has 0 bridgehead atoms. The van der Waals surface area contributed by atoms with Crippen LogP contribution in [0.5, 0.6) is 0 Å². The highest BCUT2D eigenvalue weighted by atomic mass is 14.3. The summed E-state index contributed by atoms with van der Waals surface area (Å²) in [5.74, 6) is 0.297. The molecule has 0 aliphatic heterocycles. The normalized spacial score (nSPS) is 16.2. The summed E-state index contributed by atoms with van der Waals surface area (Å²) in [6.45, 7) is 23.4. The maximum atomic E-state index is 3.98. The van der Waals surface area contributed by atoms with E-state index >= 15 is 0 Å². The Hall–Kier alpha value is -3.90. The molecule has 44 heavy (non-hydrogen) atoms. The first-order valence-corrected chi connectivity index (χ1v) is 16.2. The van der Waals surface area contributed by atoms with Crippen molar-refractivity contribution in [3.05, 3.63) is 157 Å². The van der Waals surface area contributed by atoms with Crippen LogP contribution in [-0.2, 0) is 10.8 Å². The van der Waals surface area contributed by atoms with Crippen LogP contribution < -0.4 is 10.4 Å². The van der Waals surface area contributed by atoms with Crippen LogP contribution in [-0.4, -0.2) is 0 Å². The van der Waals surface area contributed by atoms with Crippen LogP contribution in [0.15, 0.2) is 103 Å². The van der Waals surface area contributed by atoms with Crippen molar-refractivity contribution >= 4 is 17.2 Å². The molecule has 0 saturated heterocycles. The maximum absolute atomic E-state index is 3.98. The fourth-order valence-corrected chi connectivity index (χ4v) is 6.78. The number of allylic oxidation sites excluding steroid dienone is 4. The number of hydrogen-bond acceptors (Lipinski definition) is 0. The third kappa shape index (κ3) is 5.34. The van der Waals surface area contributed by atoms with Gasteiger partial charge in [-0.05, 0) is 105 Å². The highest BCUT2D eigenvalue weighted by Gasteiger charge is 2.30. The molecule has 6 rings (SSSR count). The molecule has 4 aromatic carbocycles. The van der Waals surface area contributed by atoms with E-state index in [0.717, 1.165) is 0 Å². The quantitative estimate of drug-likeness (QED) is 0.201. The SMILES string of the molecule is CC1C=C(C(C)(C)C)C=C1c1c2c(cc(C(C)(C)C)c1=C(c1ccccc1)c1ccccc1)=c1cc(C(C)(C)C)ccc1=[C]2. The summed E-state index contributed by atoms with van der Waals surface area (Å²) in [6, 6.07) is 31.5. The van der Waals surface area contributed by atoms with E-state index in [9.17, 15) is 0 Å². The Morgan fingerprint density at radius 3 is 1.73 bits per heavy atom. The zero-order chi connectivity index (χ0) is 31.6. The molecule has 4 aromatic rings. The van der Waals surface area contributed by atoms with Crippen LogP contribution in [0, 0.1) is 21.8 Å². The van der Waals surface area contributed by atoms with Gasteiger partial charge in [-0.2, -0.15) is 0 Å². The van der Waals surface area contributed by atoms with Gasteiger partial charge in [0.25, 0.3) is 0 Å². The molecule has 0 amide bonds. The second-order valence-electron chi connectivity index (χ2n) is 15.8. The topological polar surface area (TPSA) is 0 Å². The fourth-order valence-electron chi connectivity index (χ4n) is 6.78. The predicted octanol–water partition coefficient (Wildman–Crippen LogP) is 9.84. The molecular formula is C44H47. The Kier molecular flexibility index (Phi) is 7.28. The van der Waals surface area contributed by atoms with Crippen LogP contribution in [0.1, 0.15) is 103 Å². The van der Waals surface area contributed by atoms with E-state index in [0.29, 0.717) is 5.92 Å². The molecule has 1 unspecified atom stereocenters. The van der Waals surface area contributed by atoms with Gasteiger partial charge in [0.2, 0.25) is 0 Å². The van der Waals surface area contributed by atoms with Gasteiger partial charge in [0.1, 0.15) is 0 Å². The van der Waals surface area contributed by atoms with Crippen molar-refractivity contribution in [3.8, 4) is 0 Å². The molecule has 2 aliphatic rings. The number of benzene rings is 4. The van der Waals surface area contributed by atoms with Gasteiger partial charge in [0.15, 0.2) is 0 Å². The minimum Gasteiger partial charge on any atom is -0.0735 e. The Morgan fingerprint density at radius 1 is 0.636 bits per heavy atom. The van der Waals surface area contributed by atoms with Crippen molar-refractivity contribution in [2.75, 3.05) is 0 Å². The second kappa shape index (κ2) is 10.6. The van der Waals surface area contributed by atoms with Crippen molar-refractivity contribution in [2.24, 2.45) is 11.3 Å². The first-order valence-electron chi connectivity index (χ1n) is 16.2. The third-order valence-electron chi connectivity index (χ3n) is 9.33. The lowest BCUT2D eigenvalue weighted by Gasteiger charge is -2.27. The standard InChI is InChI=1S/C44H47/c1-28-23-33(43(5,6)7)26-34(28)40-37-24-31-21-22-32(42(2,3)4)25-35(31)36(37)27-38(44(8,9)10)41(40)39(29-17-13-11-14-18-29)30-19-15-12-16-20-30/h11-23,25-28H,1-10H3. The van der Waals surface area contributed by atoms with Gasteiger partial charge in [-0.3, -0.25) is 0 Å². The maximum Gasteiger partial charge on any atom is 0.000207 e. The molecule has 223 valence electrons. The van der Waals surface area contributed by atoms with E-state index in [1.54, 1.807) is 0 Å². The van der Waals surface area contributed by atoms with E-state index in [1.165, 1.54) is 71.0 Å². The molecule has 2 aliphatic carbocycles. The highest BCUT2D eigenvalue weighted by Crippen LogP contribution is 2.42. The average Bonchev–Trinajstić information content (AvgIpc) is 3.53. The molecule has 0 saturated carbocycles. The fraction of sp³-hybridized carbons (Fsp3) is 0.318. The zero-order valence-corrected chi connectivity index (χ0v) is 28.3. The molecule has 1 atom stereocenters. The average molecular weight is 576 g/mol. The molecule has 0 fully saturated rings. The van der Waals surface area contributed by atoms with Gasteiger partial charge in [-0.25, -0.2) is 0 Å². The monoisotopic (exact) mass is 575 g/mol. The third-order valence-corrected chi connectivity index (χ3v) is 9.33. The summed E-state index contributed by atoms with van der Waals surface area (Å²) in [5, 5.41) is 5.16. The smallest absolute Gasteiger partial charge is 0.000207 e. The van der Waals surface area contributed by atoms with Crippen LogP contribution in [0.3, 0.4) is 0 Å². The molecule has 0 nitrogen and oxygen atoms in total. The van der Waals surface area contributed by atoms with Crippen LogP contribution >= 0.6 is 0 Å². The second-order valence-corrected chi connectivity index (χ2v) is 15.8. The first-order chi connectivity index (χ1) is 20.6. The molecule has 0 heteroatoms. The van der Waals surface area contributed by atoms with Crippen molar-refractivity contribution in [3.63, 3.8) is 0 Å². The first kappa shape index (κ1) is 30.1. The lowest BCUT2D eigenvalue weighted by molar-refractivity contribution is 0.516. The number of fused-ring (bicyclic) bond motifs is 2. The Morgan fingerprint density at radius 2 is 1.23 bits per heavy atom. The minimum atomic E-state index is -0.0962. The number of hydrogen-bond donors (Lipinski definition) is 0. The summed E-state index contributed by atoms with van der Waals surface area (Å²) in [5.41, 5.74) is 11.9. The summed E-state index contributed by atoms with van der Waals surface area (Å²) in [6.07, 6.45) is 8.96. The molecule has 0 heterocycles. The molecule has 1 radical (unpaired) electrons. The summed E-state index contributed by atoms with van der Waals surface area (Å²) >= 11 is 0. The molecular weight excluding hydrogens is 528 g/mol. The van der Waals surface area contributed by atoms with Gasteiger partial charge in [-0.1, -0.05) is 154 Å². The van der Waals surface area contributed by atoms with E-state index in [-0.39, 0.29) is 16.2 Å². The van der Waals surface area contributed by atoms with Gasteiger partial charge in [0, 0.05) is 5.92 Å². The highest BCUT2D eigenvalue weighted by molar-refractivity contribution is 5.89. The van der Waals surface area contributed by atoms with Crippen LogP contribution in [0.25, 0.3) is 17.2 Å². The zero-order valence-electron chi connectivity index (χ0n) is 28.3. The van der Waals surface area contributed by atoms with E-state index in [1.807, 2.05) is 0 Å². The Bertz CT molecular complexity index is 1990. The van der Waals surface area contributed by atoms with E-state index < -0.39 is 0 Å². The Labute approximate surface area is 264 Å². The molecule has 0 spiro atoms. The molecule has 0 aromatic heterocycles. The van der Waals surface area contributed by atoms with Crippen LogP contribution in [0.2, 0.25) is 0 Å². The van der Waals surface area contributed by atoms with Crippen molar-refractivity contribution in [2.45, 2.75) is 80.1 Å². The largest absolute Gasteiger partial charge is 0.0735 e. The van der Waals surface area contributed by atoms with Gasteiger partial charge in [-0.15, -0.1) is 0 Å². The lowest BCUT2D eigenvalue weighted by Crippen LogP contribution is -2.29. The lowest BCUT2D eigenvalue weighted by atomic mass is 9.77. The van der Waals surface area contributed by atoms with Gasteiger partial charge in [0.05, 0.1) is 0 Å². The van der Waals surface area contributed by atoms with Crippen LogP contribution in [0.4, 0.5) is 0 Å². The number of rotatable bonds is 3. The summed E-state index contributed by atoms with van der Waals surface area (Å²) in [7, 11) is 0. The van der Waals surface area contributed by atoms with Gasteiger partial charge < -0.3 is 0 Å². The van der Waals surface area contributed by atoms with Crippen molar-refractivity contribution in [1.82, 2.24) is 0 Å². The van der Waals surface area contributed by atoms with E-state index in [4.69, 9.17) is 0 Å². The summed E-state index contributed by atoms with van der Waals surface area (Å²) in [4.78, 5) is 0. The van der Waals surface area contributed by atoms with Gasteiger partial charge >= 0.3 is 0 Å². The molecule has 0 N–H and O–H groups in total. The summed E-state index contributed by atoms with van der Waals surface area (Å²) < 4.78 is 0. The van der Waals surface area contributed by atoms with Crippen molar-refractivity contribution < 1.29 is 0 Å². The predicted molar refractivity (Wildman–Crippen MR) is 189 cm³/mol. The Balaban J connectivity index is 1.91. The van der Waals surface area contributed by atoms with E-state index in [2.05, 4.69) is 172 Å². The van der Waals surface area contributed by atoms with Crippen molar-refractivity contribution in [1.29, 1.82) is 0 Å². The minimum absolute atomic E-state index is 0.0724.